The molecular weight excluding hydrogens is 687 g/mol. The molecule has 0 aliphatic carbocycles. The summed E-state index contributed by atoms with van der Waals surface area (Å²) in [7, 11) is 0. The highest BCUT2D eigenvalue weighted by molar-refractivity contribution is 6.21. The van der Waals surface area contributed by atoms with E-state index in [1.165, 1.54) is 87.2 Å². The minimum absolute atomic E-state index is 1.11. The molecule has 0 saturated heterocycles. The van der Waals surface area contributed by atoms with Gasteiger partial charge in [-0.25, -0.2) is 0 Å². The van der Waals surface area contributed by atoms with Gasteiger partial charge in [-0.15, -0.1) is 0 Å². The minimum atomic E-state index is 1.11. The molecule has 1 heteroatoms. The van der Waals surface area contributed by atoms with Crippen molar-refractivity contribution in [2.24, 2.45) is 0 Å². The molecule has 0 radical (unpaired) electrons. The van der Waals surface area contributed by atoms with Crippen molar-refractivity contribution < 1.29 is 0 Å². The molecule has 0 heterocycles. The summed E-state index contributed by atoms with van der Waals surface area (Å²) in [6.07, 6.45) is 0. The molecule has 0 amide bonds. The molecule has 0 saturated carbocycles. The molecule has 11 rings (SSSR count). The van der Waals surface area contributed by atoms with E-state index in [0.717, 1.165) is 17.1 Å². The number of fused-ring (bicyclic) bond motifs is 7. The number of para-hydroxylation sites is 1. The van der Waals surface area contributed by atoms with E-state index < -0.39 is 0 Å². The van der Waals surface area contributed by atoms with Crippen LogP contribution >= 0.6 is 0 Å². The van der Waals surface area contributed by atoms with E-state index in [1.54, 1.807) is 0 Å². The summed E-state index contributed by atoms with van der Waals surface area (Å²) in [5.74, 6) is 0. The van der Waals surface area contributed by atoms with Crippen LogP contribution in [0.1, 0.15) is 0 Å². The largest absolute Gasteiger partial charge is 0.309 e. The maximum Gasteiger partial charge on any atom is 0.0540 e. The van der Waals surface area contributed by atoms with Crippen molar-refractivity contribution >= 4 is 70.9 Å². The zero-order valence-corrected chi connectivity index (χ0v) is 31.3. The average Bonchev–Trinajstić information content (AvgIpc) is 3.29. The Balaban J connectivity index is 1.17. The molecule has 0 bridgehead atoms. The Morgan fingerprint density at radius 2 is 0.807 bits per heavy atom. The van der Waals surface area contributed by atoms with E-state index in [-0.39, 0.29) is 0 Å². The summed E-state index contributed by atoms with van der Waals surface area (Å²) in [4.78, 5) is 2.48. The van der Waals surface area contributed by atoms with E-state index >= 15 is 0 Å². The van der Waals surface area contributed by atoms with Crippen molar-refractivity contribution in [1.82, 2.24) is 0 Å². The van der Waals surface area contributed by atoms with E-state index in [9.17, 15) is 0 Å². The smallest absolute Gasteiger partial charge is 0.0540 e. The third-order valence-corrected chi connectivity index (χ3v) is 11.6. The molecule has 266 valence electrons. The maximum atomic E-state index is 2.48. The highest BCUT2D eigenvalue weighted by Crippen LogP contribution is 2.47. The quantitative estimate of drug-likeness (QED) is 0.154. The topological polar surface area (TPSA) is 3.24 Å². The van der Waals surface area contributed by atoms with Crippen LogP contribution < -0.4 is 4.90 Å². The lowest BCUT2D eigenvalue weighted by Gasteiger charge is -2.30. The third kappa shape index (κ3) is 5.63. The van der Waals surface area contributed by atoms with Crippen LogP contribution in [0.5, 0.6) is 0 Å². The number of benzene rings is 11. The Hall–Kier alpha value is -7.48. The van der Waals surface area contributed by atoms with Gasteiger partial charge in [-0.2, -0.15) is 0 Å². The van der Waals surface area contributed by atoms with Gasteiger partial charge in [0, 0.05) is 16.6 Å². The second kappa shape index (κ2) is 13.7. The van der Waals surface area contributed by atoms with E-state index in [4.69, 9.17) is 0 Å². The van der Waals surface area contributed by atoms with E-state index in [0.29, 0.717) is 0 Å². The first-order valence-electron chi connectivity index (χ1n) is 19.7. The Bertz CT molecular complexity index is 3290. The van der Waals surface area contributed by atoms with Gasteiger partial charge in [-0.3, -0.25) is 0 Å². The Morgan fingerprint density at radius 3 is 1.58 bits per heavy atom. The zero-order chi connectivity index (χ0) is 37.7. The summed E-state index contributed by atoms with van der Waals surface area (Å²) in [6.45, 7) is 0. The van der Waals surface area contributed by atoms with Gasteiger partial charge >= 0.3 is 0 Å². The number of nitrogens with zero attached hydrogens (tertiary/aromatic N) is 1. The molecule has 0 unspecified atom stereocenters. The normalized spacial score (nSPS) is 11.5. The van der Waals surface area contributed by atoms with E-state index in [2.05, 4.69) is 229 Å². The summed E-state index contributed by atoms with van der Waals surface area (Å²) < 4.78 is 0. The monoisotopic (exact) mass is 723 g/mol. The van der Waals surface area contributed by atoms with Crippen molar-refractivity contribution in [2.75, 3.05) is 4.90 Å². The van der Waals surface area contributed by atoms with Gasteiger partial charge in [0.1, 0.15) is 0 Å². The van der Waals surface area contributed by atoms with Crippen LogP contribution in [-0.2, 0) is 0 Å². The van der Waals surface area contributed by atoms with Crippen LogP contribution in [-0.4, -0.2) is 0 Å². The van der Waals surface area contributed by atoms with Gasteiger partial charge in [0.25, 0.3) is 0 Å². The predicted octanol–water partition coefficient (Wildman–Crippen LogP) is 15.9. The van der Waals surface area contributed by atoms with Gasteiger partial charge in [0.2, 0.25) is 0 Å². The molecule has 0 fully saturated rings. The number of hydrogen-bond acceptors (Lipinski definition) is 1. The Morgan fingerprint density at radius 1 is 0.246 bits per heavy atom. The van der Waals surface area contributed by atoms with Gasteiger partial charge in [-0.1, -0.05) is 194 Å². The molecule has 0 spiro atoms. The highest BCUT2D eigenvalue weighted by Gasteiger charge is 2.22. The van der Waals surface area contributed by atoms with Gasteiger partial charge in [0.05, 0.1) is 11.4 Å². The molecule has 11 aromatic rings. The van der Waals surface area contributed by atoms with Crippen molar-refractivity contribution in [2.45, 2.75) is 0 Å². The fraction of sp³-hybridized carbons (Fsp3) is 0. The SMILES string of the molecule is c1ccc(-c2ccccc2N(c2cc(-c3ccccc3)c3ccccc3c2)c2ccc(-c3ccc4ccc5ccc6ccccc6c5c4c3)c3ccccc23)cc1. The zero-order valence-electron chi connectivity index (χ0n) is 31.3. The van der Waals surface area contributed by atoms with Gasteiger partial charge in [-0.05, 0) is 107 Å². The molecule has 0 aliphatic rings. The lowest BCUT2D eigenvalue weighted by molar-refractivity contribution is 1.30. The first kappa shape index (κ1) is 32.9. The van der Waals surface area contributed by atoms with Crippen molar-refractivity contribution in [3.05, 3.63) is 224 Å². The molecule has 0 aromatic heterocycles. The van der Waals surface area contributed by atoms with Crippen LogP contribution in [0.25, 0.3) is 87.2 Å². The molecule has 11 aromatic carbocycles. The summed E-state index contributed by atoms with van der Waals surface area (Å²) in [5, 5.41) is 12.5. The standard InChI is InChI=1S/C56H37N/c1-3-15-38(16-4-1)48-22-13-14-26-54(48)57(45-35-43-20-8-9-21-46(43)52(37-45)39-17-5-2-6-18-39)55-34-33-47(50-24-11-12-25-51(50)55)44-32-29-41-28-31-42-30-27-40-19-7-10-23-49(40)56(42)53(41)36-44/h1-37H. The van der Waals surface area contributed by atoms with Crippen LogP contribution in [0.2, 0.25) is 0 Å². The molecule has 1 nitrogen and oxygen atoms in total. The fourth-order valence-electron chi connectivity index (χ4n) is 8.94. The van der Waals surface area contributed by atoms with Crippen molar-refractivity contribution in [1.29, 1.82) is 0 Å². The second-order valence-electron chi connectivity index (χ2n) is 14.9. The van der Waals surface area contributed by atoms with Gasteiger partial charge < -0.3 is 4.90 Å². The summed E-state index contributed by atoms with van der Waals surface area (Å²) >= 11 is 0. The first-order valence-corrected chi connectivity index (χ1v) is 19.7. The molecular formula is C56H37N. The highest BCUT2D eigenvalue weighted by atomic mass is 15.1. The second-order valence-corrected chi connectivity index (χ2v) is 14.9. The average molecular weight is 724 g/mol. The lowest BCUT2D eigenvalue weighted by atomic mass is 9.91. The summed E-state index contributed by atoms with van der Waals surface area (Å²) in [6, 6.07) is 82.2. The van der Waals surface area contributed by atoms with Crippen molar-refractivity contribution in [3.8, 4) is 33.4 Å². The van der Waals surface area contributed by atoms with Crippen LogP contribution in [0.3, 0.4) is 0 Å². The van der Waals surface area contributed by atoms with Crippen LogP contribution in [0.15, 0.2) is 224 Å². The molecule has 0 atom stereocenters. The minimum Gasteiger partial charge on any atom is -0.309 e. The van der Waals surface area contributed by atoms with Crippen molar-refractivity contribution in [3.63, 3.8) is 0 Å². The first-order chi connectivity index (χ1) is 28.3. The third-order valence-electron chi connectivity index (χ3n) is 11.6. The number of hydrogen-bond donors (Lipinski definition) is 0. The van der Waals surface area contributed by atoms with Gasteiger partial charge in [0.15, 0.2) is 0 Å². The predicted molar refractivity (Wildman–Crippen MR) is 245 cm³/mol. The lowest BCUT2D eigenvalue weighted by Crippen LogP contribution is -2.12. The Labute approximate surface area is 332 Å². The van der Waals surface area contributed by atoms with Crippen LogP contribution in [0.4, 0.5) is 17.1 Å². The molecule has 0 N–H and O–H groups in total. The molecule has 57 heavy (non-hydrogen) atoms. The Kier molecular flexibility index (Phi) is 7.89. The number of rotatable bonds is 6. The molecule has 0 aliphatic heterocycles. The number of anilines is 3. The van der Waals surface area contributed by atoms with Crippen LogP contribution in [0, 0.1) is 0 Å². The van der Waals surface area contributed by atoms with E-state index in [1.807, 2.05) is 0 Å². The fourth-order valence-corrected chi connectivity index (χ4v) is 8.94. The maximum absolute atomic E-state index is 2.48. The summed E-state index contributed by atoms with van der Waals surface area (Å²) in [5.41, 5.74) is 10.6.